The topological polar surface area (TPSA) is 344 Å². The van der Waals surface area contributed by atoms with Gasteiger partial charge < -0.3 is 120 Å². The van der Waals surface area contributed by atoms with Crippen molar-refractivity contribution in [3.05, 3.63) is 213 Å². The van der Waals surface area contributed by atoms with Gasteiger partial charge in [0.2, 0.25) is 0 Å². The lowest BCUT2D eigenvalue weighted by molar-refractivity contribution is 0.176. The Hall–Kier alpha value is -12.1. The van der Waals surface area contributed by atoms with Crippen molar-refractivity contribution in [2.45, 2.75) is 113 Å². The zero-order valence-electron chi connectivity index (χ0n) is 150. The van der Waals surface area contributed by atoms with Crippen LogP contribution in [-0.2, 0) is 105 Å². The summed E-state index contributed by atoms with van der Waals surface area (Å²) in [5.74, 6) is 0. The van der Waals surface area contributed by atoms with Crippen molar-refractivity contribution < 1.29 is 172 Å². The Morgan fingerprint density at radius 3 is 0.738 bits per heavy atom. The van der Waals surface area contributed by atoms with Gasteiger partial charge in [0.25, 0.3) is 0 Å². The predicted molar refractivity (Wildman–Crippen MR) is 495 cm³/mol. The van der Waals surface area contributed by atoms with Gasteiger partial charge in [-0.3, -0.25) is 0 Å². The highest BCUT2D eigenvalue weighted by Gasteiger charge is 2.29. The number of hydrogen-bond acceptors (Lipinski definition) is 18. The van der Waals surface area contributed by atoms with Crippen molar-refractivity contribution in [2.24, 2.45) is 0 Å². The molecule has 6 amide bonds. The van der Waals surface area contributed by atoms with Crippen LogP contribution in [0.5, 0.6) is 0 Å². The second kappa shape index (κ2) is 43.7. The van der Waals surface area contributed by atoms with E-state index in [0.717, 1.165) is 14.1 Å². The Kier molecular flexibility index (Phi) is 11.4. The van der Waals surface area contributed by atoms with Crippen LogP contribution in [-0.4, -0.2) is 295 Å². The number of cyclic esters (lactones) is 6. The normalized spacial score (nSPS) is 35.8. The van der Waals surface area contributed by atoms with E-state index in [0.29, 0.717) is 9.80 Å². The number of H-pyrrole nitrogens is 6. The minimum Gasteiger partial charge on any atom is -0.447 e. The van der Waals surface area contributed by atoms with Crippen LogP contribution in [0.2, 0.25) is 0 Å². The molecule has 12 N–H and O–H groups in total. The fourth-order valence-electron chi connectivity index (χ4n) is 10.4. The molecule has 126 heavy (non-hydrogen) atoms. The maximum absolute atomic E-state index is 11.7. The summed E-state index contributed by atoms with van der Waals surface area (Å²) in [6, 6.07) is -34.7. The number of nitrogens with zero attached hydrogens (tertiary/aromatic N) is 6. The predicted octanol–water partition coefficient (Wildman–Crippen LogP) is 11.5. The first-order valence-corrected chi connectivity index (χ1v) is 35.8. The van der Waals surface area contributed by atoms with Crippen LogP contribution in [0, 0.1) is 0 Å². The van der Waals surface area contributed by atoms with Crippen molar-refractivity contribution in [1.82, 2.24) is 91.2 Å². The monoisotopic (exact) mass is 1810 g/mol. The average molecular weight is 1810 g/mol. The second-order valence-electron chi connectivity index (χ2n) is 25.8. The Bertz CT molecular complexity index is 10100. The fourth-order valence-corrected chi connectivity index (χ4v) is 10.4. The van der Waals surface area contributed by atoms with Crippen molar-refractivity contribution >= 4 is 102 Å². The van der Waals surface area contributed by atoms with Gasteiger partial charge in [-0.05, 0) is 300 Å². The van der Waals surface area contributed by atoms with E-state index in [-0.39, 0.29) is 77.4 Å². The number of carbonyl (C=O) groups excluding carboxylic acids is 6. The first-order valence-electron chi connectivity index (χ1n) is 77.8. The van der Waals surface area contributed by atoms with Gasteiger partial charge in [0.15, 0.2) is 0 Å². The van der Waals surface area contributed by atoms with Crippen LogP contribution < -0.4 is 31.9 Å². The number of alkyl carbamates (subject to hydrolysis) is 6. The van der Waals surface area contributed by atoms with E-state index in [1.165, 1.54) is 23.9 Å². The minimum absolute atomic E-state index is 0.0389. The highest BCUT2D eigenvalue weighted by Crippen LogP contribution is 2.29. The summed E-state index contributed by atoms with van der Waals surface area (Å²) in [6.07, 6.45) is -42.4. The van der Waals surface area contributed by atoms with Crippen molar-refractivity contribution in [3.8, 4) is 0 Å². The van der Waals surface area contributed by atoms with Gasteiger partial charge in [0, 0.05) is 199 Å². The molecule has 6 aliphatic rings. The number of carbonyl (C=O) groups is 6. The van der Waals surface area contributed by atoms with Gasteiger partial charge in [0.05, 0.1) is 93.7 Å². The van der Waals surface area contributed by atoms with Gasteiger partial charge in [-0.15, -0.1) is 0 Å². The highest BCUT2D eigenvalue weighted by atomic mass is 16.6. The van der Waals surface area contributed by atoms with Gasteiger partial charge in [-0.1, -0.05) is 36.3 Å². The summed E-state index contributed by atoms with van der Waals surface area (Å²) >= 11 is 0. The Balaban J connectivity index is 0.000000201. The van der Waals surface area contributed by atoms with Crippen LogP contribution in [0.3, 0.4) is 0 Å². The molecule has 30 heteroatoms. The number of ether oxygens (including phenoxy) is 6. The molecule has 0 spiro atoms. The molecule has 0 bridgehead atoms. The lowest BCUT2D eigenvalue weighted by atomic mass is 10.0. The quantitative estimate of drug-likeness (QED) is 0.0186. The number of aryl methyl sites for hydroxylation is 3. The van der Waals surface area contributed by atoms with Gasteiger partial charge in [-0.25, -0.2) is 28.8 Å². The van der Waals surface area contributed by atoms with Gasteiger partial charge >= 0.3 is 36.6 Å². The molecule has 6 fully saturated rings. The molecule has 18 rings (SSSR count). The first-order chi connectivity index (χ1) is 93.6. The maximum Gasteiger partial charge on any atom is 0.407 e. The molecule has 0 saturated carbocycles. The number of aromatic nitrogens is 6. The Morgan fingerprint density at radius 1 is 0.302 bits per heavy atom. The third-order valence-electron chi connectivity index (χ3n) is 15.8. The number of amides is 6. The number of nitrogens with one attached hydrogen (secondary N) is 12. The third-order valence-corrected chi connectivity index (χ3v) is 15.8. The van der Waals surface area contributed by atoms with Crippen molar-refractivity contribution in [1.29, 1.82) is 0 Å². The molecule has 12 heterocycles. The smallest absolute Gasteiger partial charge is 0.407 e. The van der Waals surface area contributed by atoms with Gasteiger partial charge in [-0.2, -0.15) is 0 Å². The summed E-state index contributed by atoms with van der Waals surface area (Å²) in [7, 11) is 8.22. The minimum atomic E-state index is -3.48. The van der Waals surface area contributed by atoms with E-state index < -0.39 is 480 Å². The Morgan fingerprint density at radius 2 is 0.516 bits per heavy atom. The summed E-state index contributed by atoms with van der Waals surface area (Å²) in [4.78, 5) is 87.7. The summed E-state index contributed by atoms with van der Waals surface area (Å²) in [5, 5.41) is 7.69. The SMILES string of the molecule is [2H]c1[nH]c2c([2H])c([2H])c(C([2H])([2H])[C@]3([2H])NC(=O)OC3([2H])[2H])c([2H])c2c1C([2H])([2H])CN(C([2H])([2H])[2H])C([2H])([2H])[2H].[2H]c1[nH]c2c([2H])c([2H])c(C([2H])([2H])[C@]3([2H])NC(=O)OC3([2H])[2H])c([2H])c2c1C([2H])([2H])CN(C)C.[2H]c1[nH]c2c([2H])c([2H])c(C([2H])([2H])[C@]3([2H])NC(=O)OC3([2H])[2H])c([2H])c2c1C([2H])([2H])CN(C)C([2H])([2H])[2H].[2H]c1[nH]c2c([2H])c([2H])c(C([2H])([2H])[C@]3([2H])NC(=O)OC3([2H])[2H])c([2H])c2c1CC([2H])([2H])N(C([2H])([2H])[2H])C([2H])([2H])[2H].[2H]c1[nH]c2c([2H])c([2H])c(C([2H])([2H])[C@]3([2H])NC(=O)OC3([2H])[2H])c([2H])c2c1CC([2H])([2H])N(C)C.[2H]c1[nH]c2c([2H])c([2H])c(C([2H])([2H])[C@]3([2H])NC(=O)OC3([2H])[2H])c([2H])c2c1CC([2H])([2H])N(C)C([2H])([2H])[2H]. The Labute approximate surface area is 854 Å². The van der Waals surface area contributed by atoms with Gasteiger partial charge in [0.1, 0.15) is 39.4 Å². The summed E-state index contributed by atoms with van der Waals surface area (Å²) in [5.41, 5.74) is -10.5. The number of likely N-dealkylation sites (N-methyl/N-ethyl adjacent to an activating group) is 6. The standard InChI is InChI=1S/6C16H21N3O2/c6*1-19(2)6-5-12-9-17-15-4-3-11(8-14(12)15)7-13-10-21-16(20)18-13/h6*3-4,8-9,13,17H,5-7,10H2,1-2H3,(H,18,20)/t6*13-/m000000/s1/i1D3,2D3,3D,4D,6D2,7D2,8D,9D,10D2,13D;1D3,2D3,3D,4D,5D2,7D2,8D,9D,10D2,13D;1D3,3D,4D,6D2,7D2,8D,9D,10D2,13D;1D3,3D,4D,5D2,7D2,8D,9D,10D2,13D;3D,4D,6D2,7D2,8D,9D,10D2,13D;3D,4D,5D2,7D2,8D,9D,10D2,13D. The van der Waals surface area contributed by atoms with Crippen molar-refractivity contribution in [2.75, 3.05) is 163 Å². The summed E-state index contributed by atoms with van der Waals surface area (Å²) < 4.78 is 706. The third kappa shape index (κ3) is 26.5. The molecule has 6 aromatic heterocycles. The maximum atomic E-state index is 11.7. The molecule has 6 aliphatic heterocycles. The van der Waals surface area contributed by atoms with E-state index in [2.05, 4.69) is 58.3 Å². The fraction of sp³-hybridized carbons (Fsp3) is 0.438. The lowest BCUT2D eigenvalue weighted by Gasteiger charge is -2.09. The summed E-state index contributed by atoms with van der Waals surface area (Å²) in [6.45, 7) is -48.8. The molecule has 6 aromatic carbocycles. The van der Waals surface area contributed by atoms with E-state index in [9.17, 15) is 28.8 Å². The van der Waals surface area contributed by atoms with Crippen molar-refractivity contribution in [3.63, 3.8) is 0 Å². The molecule has 6 atom stereocenters. The number of benzene rings is 6. The molecule has 30 nitrogen and oxygen atoms in total. The largest absolute Gasteiger partial charge is 0.447 e. The van der Waals surface area contributed by atoms with Crippen LogP contribution in [0.25, 0.3) is 65.4 Å². The average Bonchev–Trinajstić information content (AvgIpc) is 1.47. The first kappa shape index (κ1) is 33.0. The van der Waals surface area contributed by atoms with E-state index in [1.807, 2.05) is 0 Å². The van der Waals surface area contributed by atoms with E-state index >= 15 is 0 Å². The molecule has 0 radical (unpaired) electrons. The highest BCUT2D eigenvalue weighted by molar-refractivity contribution is 5.88. The molecule has 6 saturated heterocycles. The van der Waals surface area contributed by atoms with E-state index in [4.69, 9.17) is 115 Å². The number of rotatable bonds is 30. The molecular formula is C96H126N18O12. The van der Waals surface area contributed by atoms with E-state index in [1.54, 1.807) is 46.0 Å². The van der Waals surface area contributed by atoms with Crippen LogP contribution >= 0.6 is 0 Å². The number of aromatic amines is 6. The second-order valence-corrected chi connectivity index (χ2v) is 25.8. The zero-order chi connectivity index (χ0) is 163. The molecule has 672 valence electrons. The molecule has 0 unspecified atom stereocenters. The number of hydrogen-bond donors (Lipinski definition) is 12. The zero-order valence-corrected chi connectivity index (χ0v) is 65.8. The molecular weight excluding hydrogens is 1600 g/mol. The lowest BCUT2D eigenvalue weighted by Crippen LogP contribution is -2.28. The van der Waals surface area contributed by atoms with Crippen LogP contribution in [0.15, 0.2) is 146 Å². The molecule has 12 aromatic rings. The van der Waals surface area contributed by atoms with Crippen LogP contribution in [0.1, 0.15) is 182 Å². The number of fused-ring (bicyclic) bond motifs is 6. The molecule has 0 aliphatic carbocycles. The van der Waals surface area contributed by atoms with Crippen LogP contribution in [0.4, 0.5) is 28.8 Å².